The van der Waals surface area contributed by atoms with Gasteiger partial charge in [-0.15, -0.1) is 0 Å². The van der Waals surface area contributed by atoms with E-state index in [9.17, 15) is 19.5 Å². The first kappa shape index (κ1) is 28.4. The van der Waals surface area contributed by atoms with Gasteiger partial charge >= 0.3 is 12.1 Å². The first-order chi connectivity index (χ1) is 19.8. The third-order valence-electron chi connectivity index (χ3n) is 8.03. The fourth-order valence-corrected chi connectivity index (χ4v) is 6.03. The Balaban J connectivity index is 1.32. The number of carbonyl (C=O) groups is 3. The smallest absolute Gasteiger partial charge is 0.408 e. The number of nitrogens with one attached hydrogen (secondary N) is 2. The summed E-state index contributed by atoms with van der Waals surface area (Å²) in [6.45, 7) is 5.35. The number of hydrogen-bond acceptors (Lipinski definition) is 5. The van der Waals surface area contributed by atoms with Gasteiger partial charge in [-0.1, -0.05) is 92.7 Å². The van der Waals surface area contributed by atoms with Crippen molar-refractivity contribution in [3.05, 3.63) is 95.6 Å². The number of carbonyl (C=O) groups excluding carboxylic acids is 2. The van der Waals surface area contributed by atoms with Crippen molar-refractivity contribution in [2.24, 2.45) is 5.92 Å². The standard InChI is InChI=1S/C33H37N3O5/c1-22(2)18-29(30(37)38)34-31(39)33(16-17-36(21-33)19-23-10-4-3-5-11-23)35-32(40)41-20-28-26-14-8-6-12-24(26)25-13-7-9-15-27(25)28/h3-15,22,28-29H,16-21H2,1-2H3,(H,34,39)(H,35,40)(H,37,38)/t29-,33?/m0/s1. The van der Waals surface area contributed by atoms with Crippen molar-refractivity contribution < 1.29 is 24.2 Å². The molecule has 1 heterocycles. The number of carboxylic acids is 1. The average molecular weight is 556 g/mol. The van der Waals surface area contributed by atoms with Crippen LogP contribution >= 0.6 is 0 Å². The van der Waals surface area contributed by atoms with E-state index >= 15 is 0 Å². The molecule has 1 unspecified atom stereocenters. The molecule has 8 heteroatoms. The highest BCUT2D eigenvalue weighted by Gasteiger charge is 2.47. The molecule has 1 aliphatic carbocycles. The SMILES string of the molecule is CC(C)C[C@H](NC(=O)C1(NC(=O)OCC2c3ccccc3-c3ccccc32)CCN(Cc2ccccc2)C1)C(=O)O. The van der Waals surface area contributed by atoms with Crippen LogP contribution < -0.4 is 10.6 Å². The second-order valence-electron chi connectivity index (χ2n) is 11.5. The van der Waals surface area contributed by atoms with E-state index in [-0.39, 0.29) is 31.4 Å². The van der Waals surface area contributed by atoms with Gasteiger partial charge in [-0.2, -0.15) is 0 Å². The number of benzene rings is 3. The van der Waals surface area contributed by atoms with Crippen LogP contribution in [0.15, 0.2) is 78.9 Å². The molecule has 0 saturated carbocycles. The van der Waals surface area contributed by atoms with Crippen molar-refractivity contribution in [2.75, 3.05) is 19.7 Å². The maximum absolute atomic E-state index is 13.7. The van der Waals surface area contributed by atoms with Crippen molar-refractivity contribution in [1.82, 2.24) is 15.5 Å². The second-order valence-corrected chi connectivity index (χ2v) is 11.5. The highest BCUT2D eigenvalue weighted by molar-refractivity contribution is 5.93. The molecule has 214 valence electrons. The van der Waals surface area contributed by atoms with Crippen LogP contribution in [0.1, 0.15) is 49.3 Å². The number of aliphatic carboxylic acids is 1. The van der Waals surface area contributed by atoms with E-state index in [1.807, 2.05) is 68.4 Å². The Morgan fingerprint density at radius 3 is 2.17 bits per heavy atom. The molecular weight excluding hydrogens is 518 g/mol. The van der Waals surface area contributed by atoms with Crippen molar-refractivity contribution >= 4 is 18.0 Å². The van der Waals surface area contributed by atoms with E-state index in [4.69, 9.17) is 4.74 Å². The monoisotopic (exact) mass is 555 g/mol. The normalized spacial score (nSPS) is 18.9. The Morgan fingerprint density at radius 1 is 0.951 bits per heavy atom. The number of amides is 2. The molecule has 3 N–H and O–H groups in total. The largest absolute Gasteiger partial charge is 0.480 e. The number of likely N-dealkylation sites (tertiary alicyclic amines) is 1. The van der Waals surface area contributed by atoms with Gasteiger partial charge in [-0.05, 0) is 46.6 Å². The molecule has 3 aromatic rings. The zero-order chi connectivity index (χ0) is 29.0. The van der Waals surface area contributed by atoms with E-state index < -0.39 is 29.6 Å². The molecule has 2 amide bonds. The van der Waals surface area contributed by atoms with Crippen LogP contribution in [0, 0.1) is 5.92 Å². The fraction of sp³-hybridized carbons (Fsp3) is 0.364. The highest BCUT2D eigenvalue weighted by atomic mass is 16.5. The lowest BCUT2D eigenvalue weighted by Crippen LogP contribution is -2.62. The number of hydrogen-bond donors (Lipinski definition) is 3. The zero-order valence-corrected chi connectivity index (χ0v) is 23.5. The summed E-state index contributed by atoms with van der Waals surface area (Å²) >= 11 is 0. The van der Waals surface area contributed by atoms with Crippen molar-refractivity contribution in [3.8, 4) is 11.1 Å². The maximum atomic E-state index is 13.7. The van der Waals surface area contributed by atoms with Gasteiger partial charge in [0.05, 0.1) is 0 Å². The number of fused-ring (bicyclic) bond motifs is 3. The van der Waals surface area contributed by atoms with Crippen LogP contribution in [0.5, 0.6) is 0 Å². The van der Waals surface area contributed by atoms with Gasteiger partial charge in [0, 0.05) is 25.6 Å². The molecule has 0 radical (unpaired) electrons. The van der Waals surface area contributed by atoms with Gasteiger partial charge in [-0.25, -0.2) is 9.59 Å². The molecule has 0 aromatic heterocycles. The topological polar surface area (TPSA) is 108 Å². The lowest BCUT2D eigenvalue weighted by atomic mass is 9.95. The first-order valence-corrected chi connectivity index (χ1v) is 14.2. The number of ether oxygens (including phenoxy) is 1. The molecule has 5 rings (SSSR count). The van der Waals surface area contributed by atoms with Gasteiger partial charge < -0.3 is 20.5 Å². The predicted octanol–water partition coefficient (Wildman–Crippen LogP) is 4.79. The quantitative estimate of drug-likeness (QED) is 0.332. The van der Waals surface area contributed by atoms with Crippen molar-refractivity contribution in [2.45, 2.75) is 50.7 Å². The number of alkyl carbamates (subject to hydrolysis) is 1. The molecule has 0 bridgehead atoms. The molecule has 1 aliphatic heterocycles. The zero-order valence-electron chi connectivity index (χ0n) is 23.5. The van der Waals surface area contributed by atoms with Gasteiger partial charge in [0.25, 0.3) is 0 Å². The number of nitrogens with zero attached hydrogens (tertiary/aromatic N) is 1. The molecule has 1 saturated heterocycles. The Bertz CT molecular complexity index is 1360. The molecule has 0 spiro atoms. The highest BCUT2D eigenvalue weighted by Crippen LogP contribution is 2.44. The van der Waals surface area contributed by atoms with E-state index in [2.05, 4.69) is 39.8 Å². The third-order valence-corrected chi connectivity index (χ3v) is 8.03. The number of rotatable bonds is 10. The summed E-state index contributed by atoms with van der Waals surface area (Å²) in [4.78, 5) is 41.0. The summed E-state index contributed by atoms with van der Waals surface area (Å²) in [5.41, 5.74) is 4.23. The third kappa shape index (κ3) is 6.28. The van der Waals surface area contributed by atoms with Gasteiger partial charge in [0.15, 0.2) is 0 Å². The molecule has 1 fully saturated rings. The second kappa shape index (κ2) is 12.1. The van der Waals surface area contributed by atoms with Crippen LogP contribution in [0.3, 0.4) is 0 Å². The average Bonchev–Trinajstić information content (AvgIpc) is 3.51. The molecule has 3 aromatic carbocycles. The minimum absolute atomic E-state index is 0.0700. The minimum atomic E-state index is -1.32. The summed E-state index contributed by atoms with van der Waals surface area (Å²) in [7, 11) is 0. The van der Waals surface area contributed by atoms with E-state index in [0.717, 1.165) is 27.8 Å². The van der Waals surface area contributed by atoms with E-state index in [1.54, 1.807) is 0 Å². The minimum Gasteiger partial charge on any atom is -0.480 e. The summed E-state index contributed by atoms with van der Waals surface area (Å²) in [6, 6.07) is 25.1. The predicted molar refractivity (Wildman–Crippen MR) is 156 cm³/mol. The molecule has 2 aliphatic rings. The number of carboxylic acid groups (broad SMARTS) is 1. The molecular formula is C33H37N3O5. The maximum Gasteiger partial charge on any atom is 0.408 e. The Kier molecular flexibility index (Phi) is 8.40. The lowest BCUT2D eigenvalue weighted by molar-refractivity contribution is -0.143. The first-order valence-electron chi connectivity index (χ1n) is 14.2. The van der Waals surface area contributed by atoms with Crippen molar-refractivity contribution in [3.63, 3.8) is 0 Å². The molecule has 2 atom stereocenters. The Morgan fingerprint density at radius 2 is 1.56 bits per heavy atom. The van der Waals surface area contributed by atoms with Crippen LogP contribution in [0.4, 0.5) is 4.79 Å². The van der Waals surface area contributed by atoms with E-state index in [1.165, 1.54) is 0 Å². The summed E-state index contributed by atoms with van der Waals surface area (Å²) in [6.07, 6.45) is -0.0704. The molecule has 8 nitrogen and oxygen atoms in total. The fourth-order valence-electron chi connectivity index (χ4n) is 6.03. The summed E-state index contributed by atoms with van der Waals surface area (Å²) in [5.74, 6) is -1.64. The van der Waals surface area contributed by atoms with E-state index in [0.29, 0.717) is 19.5 Å². The summed E-state index contributed by atoms with van der Waals surface area (Å²) < 4.78 is 5.78. The van der Waals surface area contributed by atoms with Crippen LogP contribution in [-0.2, 0) is 20.9 Å². The van der Waals surface area contributed by atoms with Gasteiger partial charge in [0.1, 0.15) is 18.2 Å². The van der Waals surface area contributed by atoms with Crippen molar-refractivity contribution in [1.29, 1.82) is 0 Å². The van der Waals surface area contributed by atoms with Gasteiger partial charge in [-0.3, -0.25) is 9.69 Å². The lowest BCUT2D eigenvalue weighted by Gasteiger charge is -2.31. The van der Waals surface area contributed by atoms with Crippen LogP contribution in [0.25, 0.3) is 11.1 Å². The summed E-state index contributed by atoms with van der Waals surface area (Å²) in [5, 5.41) is 15.3. The molecule has 41 heavy (non-hydrogen) atoms. The Labute approximate surface area is 240 Å². The van der Waals surface area contributed by atoms with Crippen LogP contribution in [0.2, 0.25) is 0 Å². The van der Waals surface area contributed by atoms with Gasteiger partial charge in [0.2, 0.25) is 5.91 Å². The van der Waals surface area contributed by atoms with Crippen LogP contribution in [-0.4, -0.2) is 59.3 Å². The Hall–Kier alpha value is -4.17.